The summed E-state index contributed by atoms with van der Waals surface area (Å²) in [4.78, 5) is 0. The Balaban J connectivity index is 2.42. The second kappa shape index (κ2) is 3.63. The summed E-state index contributed by atoms with van der Waals surface area (Å²) in [6.07, 6.45) is 4.26. The van der Waals surface area contributed by atoms with E-state index in [1.165, 1.54) is 0 Å². The second-order valence-electron chi connectivity index (χ2n) is 3.91. The van der Waals surface area contributed by atoms with Gasteiger partial charge in [0.1, 0.15) is 0 Å². The Morgan fingerprint density at radius 3 is 2.57 bits per heavy atom. The van der Waals surface area contributed by atoms with E-state index in [1.807, 2.05) is 24.3 Å². The summed E-state index contributed by atoms with van der Waals surface area (Å²) in [7, 11) is 0. The van der Waals surface area contributed by atoms with E-state index in [4.69, 9.17) is 11.6 Å². The quantitative estimate of drug-likeness (QED) is 0.686. The van der Waals surface area contributed by atoms with E-state index in [0.717, 1.165) is 36.3 Å². The van der Waals surface area contributed by atoms with Crippen LogP contribution in [0, 0.1) is 11.3 Å². The molecule has 2 rings (SSSR count). The molecular formula is C12H12ClN. The lowest BCUT2D eigenvalue weighted by Crippen LogP contribution is -2.18. The first kappa shape index (κ1) is 9.55. The van der Waals surface area contributed by atoms with Gasteiger partial charge in [-0.15, -0.1) is 0 Å². The van der Waals surface area contributed by atoms with E-state index in [-0.39, 0.29) is 5.41 Å². The van der Waals surface area contributed by atoms with Crippen LogP contribution in [0.5, 0.6) is 0 Å². The molecule has 0 spiro atoms. The SMILES string of the molecule is N#CC1(c2cccc(Cl)c2)CCCC1. The molecule has 1 saturated carbocycles. The van der Waals surface area contributed by atoms with Crippen LogP contribution >= 0.6 is 11.6 Å². The largest absolute Gasteiger partial charge is 0.197 e. The Morgan fingerprint density at radius 2 is 2.00 bits per heavy atom. The van der Waals surface area contributed by atoms with Crippen LogP contribution in [0.1, 0.15) is 31.2 Å². The summed E-state index contributed by atoms with van der Waals surface area (Å²) >= 11 is 5.93. The first-order valence-electron chi connectivity index (χ1n) is 4.94. The molecule has 1 aromatic rings. The lowest BCUT2D eigenvalue weighted by molar-refractivity contribution is 0.573. The topological polar surface area (TPSA) is 23.8 Å². The van der Waals surface area contributed by atoms with Crippen LogP contribution in [0.25, 0.3) is 0 Å². The van der Waals surface area contributed by atoms with Gasteiger partial charge in [-0.1, -0.05) is 36.6 Å². The first-order valence-corrected chi connectivity index (χ1v) is 5.32. The fourth-order valence-corrected chi connectivity index (χ4v) is 2.42. The van der Waals surface area contributed by atoms with Gasteiger partial charge in [-0.05, 0) is 30.5 Å². The Hall–Kier alpha value is -1.00. The molecule has 1 nitrogen and oxygen atoms in total. The molecule has 0 aliphatic heterocycles. The van der Waals surface area contributed by atoms with Gasteiger partial charge in [0.25, 0.3) is 0 Å². The standard InChI is InChI=1S/C12H12ClN/c13-11-5-3-4-10(8-11)12(9-14)6-1-2-7-12/h3-5,8H,1-2,6-7H2. The molecule has 2 heteroatoms. The van der Waals surface area contributed by atoms with E-state index in [9.17, 15) is 5.26 Å². The van der Waals surface area contributed by atoms with Crippen molar-refractivity contribution >= 4 is 11.6 Å². The number of nitriles is 1. The average molecular weight is 206 g/mol. The third kappa shape index (κ3) is 1.51. The van der Waals surface area contributed by atoms with Crippen LogP contribution in [0.15, 0.2) is 24.3 Å². The monoisotopic (exact) mass is 205 g/mol. The van der Waals surface area contributed by atoms with E-state index in [0.29, 0.717) is 0 Å². The molecule has 0 amide bonds. The molecule has 0 heterocycles. The van der Waals surface area contributed by atoms with Gasteiger partial charge in [0.15, 0.2) is 0 Å². The van der Waals surface area contributed by atoms with Gasteiger partial charge >= 0.3 is 0 Å². The molecule has 0 saturated heterocycles. The van der Waals surface area contributed by atoms with Crippen molar-refractivity contribution in [2.75, 3.05) is 0 Å². The maximum Gasteiger partial charge on any atom is 0.0822 e. The van der Waals surface area contributed by atoms with Crippen LogP contribution < -0.4 is 0 Å². The van der Waals surface area contributed by atoms with Crippen molar-refractivity contribution in [3.63, 3.8) is 0 Å². The van der Waals surface area contributed by atoms with Gasteiger partial charge in [0, 0.05) is 5.02 Å². The number of halogens is 1. The van der Waals surface area contributed by atoms with Crippen molar-refractivity contribution in [2.45, 2.75) is 31.1 Å². The Bertz CT molecular complexity index is 372. The summed E-state index contributed by atoms with van der Waals surface area (Å²) in [6.45, 7) is 0. The van der Waals surface area contributed by atoms with Crippen LogP contribution in [-0.4, -0.2) is 0 Å². The molecule has 0 atom stereocenters. The minimum absolute atomic E-state index is 0.259. The van der Waals surface area contributed by atoms with Crippen LogP contribution in [-0.2, 0) is 5.41 Å². The number of hydrogen-bond acceptors (Lipinski definition) is 1. The van der Waals surface area contributed by atoms with Gasteiger partial charge in [-0.2, -0.15) is 5.26 Å². The zero-order valence-corrected chi connectivity index (χ0v) is 8.72. The highest BCUT2D eigenvalue weighted by molar-refractivity contribution is 6.30. The third-order valence-corrected chi connectivity index (χ3v) is 3.28. The minimum atomic E-state index is -0.259. The number of benzene rings is 1. The fraction of sp³-hybridized carbons (Fsp3) is 0.417. The summed E-state index contributed by atoms with van der Waals surface area (Å²) in [5.74, 6) is 0. The molecule has 0 bridgehead atoms. The van der Waals surface area contributed by atoms with E-state index < -0.39 is 0 Å². The van der Waals surface area contributed by atoms with Gasteiger partial charge in [-0.3, -0.25) is 0 Å². The van der Waals surface area contributed by atoms with Gasteiger partial charge in [0.2, 0.25) is 0 Å². The highest BCUT2D eigenvalue weighted by atomic mass is 35.5. The van der Waals surface area contributed by atoms with Crippen molar-refractivity contribution < 1.29 is 0 Å². The van der Waals surface area contributed by atoms with Crippen molar-refractivity contribution in [3.05, 3.63) is 34.9 Å². The molecule has 1 aliphatic carbocycles. The molecular weight excluding hydrogens is 194 g/mol. The molecule has 1 aromatic carbocycles. The van der Waals surface area contributed by atoms with E-state index >= 15 is 0 Å². The highest BCUT2D eigenvalue weighted by Gasteiger charge is 2.35. The first-order chi connectivity index (χ1) is 6.77. The van der Waals surface area contributed by atoms with Crippen molar-refractivity contribution in [2.24, 2.45) is 0 Å². The number of hydrogen-bond donors (Lipinski definition) is 0. The molecule has 0 aromatic heterocycles. The van der Waals surface area contributed by atoms with Crippen LogP contribution in [0.4, 0.5) is 0 Å². The zero-order chi connectivity index (χ0) is 10.0. The maximum atomic E-state index is 9.27. The summed E-state index contributed by atoms with van der Waals surface area (Å²) in [6, 6.07) is 10.2. The Morgan fingerprint density at radius 1 is 1.29 bits per heavy atom. The minimum Gasteiger partial charge on any atom is -0.197 e. The van der Waals surface area contributed by atoms with Crippen molar-refractivity contribution in [1.29, 1.82) is 5.26 Å². The Labute approximate surface area is 89.3 Å². The molecule has 14 heavy (non-hydrogen) atoms. The van der Waals surface area contributed by atoms with Crippen LogP contribution in [0.3, 0.4) is 0 Å². The lowest BCUT2D eigenvalue weighted by Gasteiger charge is -2.20. The highest BCUT2D eigenvalue weighted by Crippen LogP contribution is 2.40. The van der Waals surface area contributed by atoms with E-state index in [1.54, 1.807) is 0 Å². The molecule has 0 radical (unpaired) electrons. The summed E-state index contributed by atoms with van der Waals surface area (Å²) in [5.41, 5.74) is 0.829. The van der Waals surface area contributed by atoms with Crippen LogP contribution in [0.2, 0.25) is 5.02 Å². The average Bonchev–Trinajstić information content (AvgIpc) is 2.67. The molecule has 0 unspecified atom stereocenters. The van der Waals surface area contributed by atoms with Gasteiger partial charge in [0.05, 0.1) is 11.5 Å². The summed E-state index contributed by atoms with van der Waals surface area (Å²) < 4.78 is 0. The smallest absolute Gasteiger partial charge is 0.0822 e. The predicted molar refractivity (Wildman–Crippen MR) is 57.2 cm³/mol. The predicted octanol–water partition coefficient (Wildman–Crippen LogP) is 3.68. The summed E-state index contributed by atoms with van der Waals surface area (Å²) in [5, 5.41) is 9.99. The molecule has 0 N–H and O–H groups in total. The van der Waals surface area contributed by atoms with Gasteiger partial charge in [-0.25, -0.2) is 0 Å². The third-order valence-electron chi connectivity index (χ3n) is 3.05. The van der Waals surface area contributed by atoms with E-state index in [2.05, 4.69) is 6.07 Å². The molecule has 72 valence electrons. The van der Waals surface area contributed by atoms with Crippen molar-refractivity contribution in [1.82, 2.24) is 0 Å². The fourth-order valence-electron chi connectivity index (χ4n) is 2.23. The number of nitrogens with zero attached hydrogens (tertiary/aromatic N) is 1. The second-order valence-corrected chi connectivity index (χ2v) is 4.35. The molecule has 1 fully saturated rings. The lowest BCUT2D eigenvalue weighted by atomic mass is 9.80. The molecule has 1 aliphatic rings. The maximum absolute atomic E-state index is 9.27. The van der Waals surface area contributed by atoms with Gasteiger partial charge < -0.3 is 0 Å². The van der Waals surface area contributed by atoms with Crippen molar-refractivity contribution in [3.8, 4) is 6.07 Å². The normalized spacial score (nSPS) is 19.1. The Kier molecular flexibility index (Phi) is 2.48. The zero-order valence-electron chi connectivity index (χ0n) is 7.96. The number of rotatable bonds is 1.